The van der Waals surface area contributed by atoms with Gasteiger partial charge in [-0.15, -0.1) is 0 Å². The first-order valence-electron chi connectivity index (χ1n) is 11.6. The Morgan fingerprint density at radius 2 is 1.62 bits per heavy atom. The van der Waals surface area contributed by atoms with E-state index in [0.717, 1.165) is 38.8 Å². The Labute approximate surface area is 191 Å². The molecule has 2 aromatic carbocycles. The summed E-state index contributed by atoms with van der Waals surface area (Å²) in [5.74, 6) is -0.105. The van der Waals surface area contributed by atoms with E-state index in [4.69, 9.17) is 0 Å². The number of para-hydroxylation sites is 1. The Bertz CT molecular complexity index is 1060. The summed E-state index contributed by atoms with van der Waals surface area (Å²) in [6.07, 6.45) is 5.11. The summed E-state index contributed by atoms with van der Waals surface area (Å²) >= 11 is 0. The van der Waals surface area contributed by atoms with Crippen LogP contribution in [-0.2, 0) is 10.0 Å². The molecular formula is C25H33N3O3S. The molecule has 2 aromatic rings. The van der Waals surface area contributed by atoms with E-state index in [-0.39, 0.29) is 16.8 Å². The predicted molar refractivity (Wildman–Crippen MR) is 128 cm³/mol. The van der Waals surface area contributed by atoms with Crippen molar-refractivity contribution in [3.8, 4) is 0 Å². The number of piperazine rings is 1. The Hall–Kier alpha value is -2.38. The number of hydrogen-bond donors (Lipinski definition) is 0. The van der Waals surface area contributed by atoms with E-state index < -0.39 is 10.0 Å². The fourth-order valence-electron chi connectivity index (χ4n) is 4.85. The molecule has 0 bridgehead atoms. The van der Waals surface area contributed by atoms with Gasteiger partial charge in [-0.25, -0.2) is 8.42 Å². The molecule has 0 unspecified atom stereocenters. The van der Waals surface area contributed by atoms with Gasteiger partial charge in [-0.05, 0) is 49.6 Å². The van der Waals surface area contributed by atoms with E-state index in [2.05, 4.69) is 24.0 Å². The molecule has 7 heteroatoms. The molecule has 1 saturated carbocycles. The molecule has 0 aromatic heterocycles. The summed E-state index contributed by atoms with van der Waals surface area (Å²) in [7, 11) is -1.95. The van der Waals surface area contributed by atoms with Gasteiger partial charge in [-0.2, -0.15) is 4.31 Å². The maximum Gasteiger partial charge on any atom is 0.254 e. The molecule has 2 aliphatic rings. The van der Waals surface area contributed by atoms with Crippen LogP contribution in [0.5, 0.6) is 0 Å². The molecule has 6 nitrogen and oxygen atoms in total. The van der Waals surface area contributed by atoms with Crippen molar-refractivity contribution < 1.29 is 13.2 Å². The molecule has 0 spiro atoms. The molecule has 0 atom stereocenters. The van der Waals surface area contributed by atoms with Gasteiger partial charge < -0.3 is 9.80 Å². The third kappa shape index (κ3) is 4.69. The maximum absolute atomic E-state index is 13.2. The van der Waals surface area contributed by atoms with Crippen molar-refractivity contribution in [2.75, 3.05) is 38.1 Å². The van der Waals surface area contributed by atoms with Crippen molar-refractivity contribution >= 4 is 21.6 Å². The largest absolute Gasteiger partial charge is 0.368 e. The van der Waals surface area contributed by atoms with Gasteiger partial charge in [-0.1, -0.05) is 43.5 Å². The van der Waals surface area contributed by atoms with Crippen molar-refractivity contribution in [3.63, 3.8) is 0 Å². The summed E-state index contributed by atoms with van der Waals surface area (Å²) in [6.45, 7) is 4.86. The first-order chi connectivity index (χ1) is 15.4. The fourth-order valence-corrected chi connectivity index (χ4v) is 6.31. The smallest absolute Gasteiger partial charge is 0.254 e. The summed E-state index contributed by atoms with van der Waals surface area (Å²) < 4.78 is 27.9. The molecule has 2 fully saturated rings. The first-order valence-corrected chi connectivity index (χ1v) is 13.0. The first kappa shape index (κ1) is 22.8. The van der Waals surface area contributed by atoms with Gasteiger partial charge in [0.2, 0.25) is 10.0 Å². The molecular weight excluding hydrogens is 422 g/mol. The lowest BCUT2D eigenvalue weighted by Gasteiger charge is -2.37. The summed E-state index contributed by atoms with van der Waals surface area (Å²) in [6, 6.07) is 14.9. The molecule has 1 heterocycles. The van der Waals surface area contributed by atoms with Gasteiger partial charge in [0.1, 0.15) is 0 Å². The molecule has 1 saturated heterocycles. The van der Waals surface area contributed by atoms with Crippen molar-refractivity contribution in [1.82, 2.24) is 9.21 Å². The van der Waals surface area contributed by atoms with Crippen LogP contribution in [-0.4, -0.2) is 62.8 Å². The summed E-state index contributed by atoms with van der Waals surface area (Å²) in [5.41, 5.74) is 2.87. The van der Waals surface area contributed by atoms with E-state index in [1.165, 1.54) is 22.0 Å². The third-order valence-electron chi connectivity index (χ3n) is 6.87. The molecule has 32 heavy (non-hydrogen) atoms. The van der Waals surface area contributed by atoms with Crippen LogP contribution in [0.4, 0.5) is 5.69 Å². The van der Waals surface area contributed by atoms with Crippen molar-refractivity contribution in [2.45, 2.75) is 50.0 Å². The number of hydrogen-bond acceptors (Lipinski definition) is 4. The number of rotatable bonds is 5. The molecule has 1 amide bonds. The third-order valence-corrected chi connectivity index (χ3v) is 8.78. The van der Waals surface area contributed by atoms with Gasteiger partial charge in [0.25, 0.3) is 5.91 Å². The number of benzene rings is 2. The minimum atomic E-state index is -3.62. The van der Waals surface area contributed by atoms with Crippen molar-refractivity contribution in [2.24, 2.45) is 0 Å². The van der Waals surface area contributed by atoms with Gasteiger partial charge in [-0.3, -0.25) is 4.79 Å². The Kier molecular flexibility index (Phi) is 6.86. The molecule has 1 aliphatic heterocycles. The molecule has 0 radical (unpaired) electrons. The van der Waals surface area contributed by atoms with Gasteiger partial charge in [0.15, 0.2) is 0 Å². The van der Waals surface area contributed by atoms with Crippen LogP contribution < -0.4 is 4.90 Å². The van der Waals surface area contributed by atoms with Crippen LogP contribution in [0.2, 0.25) is 0 Å². The highest BCUT2D eigenvalue weighted by Crippen LogP contribution is 2.27. The van der Waals surface area contributed by atoms with Crippen LogP contribution in [0.25, 0.3) is 0 Å². The number of anilines is 1. The topological polar surface area (TPSA) is 60.9 Å². The average molecular weight is 456 g/mol. The number of nitrogens with zero attached hydrogens (tertiary/aromatic N) is 3. The Balaban J connectivity index is 1.45. The lowest BCUT2D eigenvalue weighted by atomic mass is 9.96. The van der Waals surface area contributed by atoms with E-state index in [0.29, 0.717) is 18.7 Å². The second-order valence-corrected chi connectivity index (χ2v) is 10.9. The normalized spacial score (nSPS) is 18.2. The highest BCUT2D eigenvalue weighted by molar-refractivity contribution is 7.89. The van der Waals surface area contributed by atoms with Crippen LogP contribution >= 0.6 is 0 Å². The zero-order chi connectivity index (χ0) is 22.7. The quantitative estimate of drug-likeness (QED) is 0.686. The molecule has 1 aliphatic carbocycles. The lowest BCUT2D eigenvalue weighted by molar-refractivity contribution is 0.0746. The SMILES string of the molecule is Cc1ccccc1N1CCN(C(=O)c2cccc(S(=O)(=O)N(C)C3CCCCC3)c2)CC1. The fraction of sp³-hybridized carbons (Fsp3) is 0.480. The molecule has 4 rings (SSSR count). The second-order valence-electron chi connectivity index (χ2n) is 8.91. The summed E-state index contributed by atoms with van der Waals surface area (Å²) in [5, 5.41) is 0. The number of aryl methyl sites for hydroxylation is 1. The monoisotopic (exact) mass is 455 g/mol. The van der Waals surface area contributed by atoms with Crippen molar-refractivity contribution in [3.05, 3.63) is 59.7 Å². The highest BCUT2D eigenvalue weighted by atomic mass is 32.2. The zero-order valence-electron chi connectivity index (χ0n) is 19.0. The predicted octanol–water partition coefficient (Wildman–Crippen LogP) is 3.91. The minimum absolute atomic E-state index is 0.0441. The van der Waals surface area contributed by atoms with E-state index >= 15 is 0 Å². The van der Waals surface area contributed by atoms with E-state index in [1.54, 1.807) is 31.3 Å². The van der Waals surface area contributed by atoms with Crippen LogP contribution in [0.1, 0.15) is 48.0 Å². The number of carbonyl (C=O) groups excluding carboxylic acids is 1. The second kappa shape index (κ2) is 9.63. The molecule has 0 N–H and O–H groups in total. The van der Waals surface area contributed by atoms with Crippen LogP contribution in [0.15, 0.2) is 53.4 Å². The lowest BCUT2D eigenvalue weighted by Crippen LogP contribution is -2.49. The highest BCUT2D eigenvalue weighted by Gasteiger charge is 2.30. The number of carbonyl (C=O) groups is 1. The Morgan fingerprint density at radius 1 is 0.938 bits per heavy atom. The maximum atomic E-state index is 13.2. The minimum Gasteiger partial charge on any atom is -0.368 e. The Morgan fingerprint density at radius 3 is 2.31 bits per heavy atom. The summed E-state index contributed by atoms with van der Waals surface area (Å²) in [4.78, 5) is 17.5. The molecule has 172 valence electrons. The average Bonchev–Trinajstić information content (AvgIpc) is 2.84. The van der Waals surface area contributed by atoms with Crippen LogP contribution in [0.3, 0.4) is 0 Å². The van der Waals surface area contributed by atoms with Crippen molar-refractivity contribution in [1.29, 1.82) is 0 Å². The van der Waals surface area contributed by atoms with Gasteiger partial charge in [0, 0.05) is 50.5 Å². The van der Waals surface area contributed by atoms with E-state index in [9.17, 15) is 13.2 Å². The zero-order valence-corrected chi connectivity index (χ0v) is 19.9. The van der Waals surface area contributed by atoms with Gasteiger partial charge >= 0.3 is 0 Å². The standard InChI is InChI=1S/C25H33N3O3S/c1-20-9-6-7-14-24(20)27-15-17-28(18-16-27)25(29)21-10-8-13-23(19-21)32(30,31)26(2)22-11-4-3-5-12-22/h6-10,13-14,19,22H,3-5,11-12,15-18H2,1-2H3. The van der Waals surface area contributed by atoms with Gasteiger partial charge in [0.05, 0.1) is 4.90 Å². The van der Waals surface area contributed by atoms with Crippen LogP contribution in [0, 0.1) is 6.92 Å². The number of sulfonamides is 1. The van der Waals surface area contributed by atoms with E-state index in [1.807, 2.05) is 17.0 Å². The number of amides is 1.